The number of hydrogen-bond donors (Lipinski definition) is 1. The first-order valence-corrected chi connectivity index (χ1v) is 11.0. The van der Waals surface area contributed by atoms with E-state index < -0.39 is 16.3 Å². The molecular formula is C26H21N5O4. The van der Waals surface area contributed by atoms with Crippen LogP contribution in [0, 0.1) is 17.0 Å². The summed E-state index contributed by atoms with van der Waals surface area (Å²) in [5.41, 5.74) is 3.06. The Kier molecular flexibility index (Phi) is 5.58. The van der Waals surface area contributed by atoms with Crippen LogP contribution in [0.15, 0.2) is 83.7 Å². The number of aryl methyl sites for hydroxylation is 1. The number of aromatic nitrogens is 2. The monoisotopic (exact) mass is 467 g/mol. The first-order valence-electron chi connectivity index (χ1n) is 11.0. The lowest BCUT2D eigenvalue weighted by Crippen LogP contribution is -2.27. The molecule has 0 saturated carbocycles. The normalized spacial score (nSPS) is 12.3. The van der Waals surface area contributed by atoms with Crippen molar-refractivity contribution in [3.05, 3.63) is 116 Å². The van der Waals surface area contributed by atoms with Gasteiger partial charge in [-0.05, 0) is 43.2 Å². The van der Waals surface area contributed by atoms with Crippen molar-refractivity contribution in [3.8, 4) is 5.69 Å². The summed E-state index contributed by atoms with van der Waals surface area (Å²) >= 11 is 0. The number of rotatable bonds is 5. The summed E-state index contributed by atoms with van der Waals surface area (Å²) in [6.07, 6.45) is 0.887. The number of nitro benzene ring substituents is 1. The highest BCUT2D eigenvalue weighted by Gasteiger charge is 2.24. The van der Waals surface area contributed by atoms with Crippen LogP contribution in [-0.4, -0.2) is 27.2 Å². The van der Waals surface area contributed by atoms with Gasteiger partial charge in [0.25, 0.3) is 11.6 Å². The van der Waals surface area contributed by atoms with Gasteiger partial charge in [0.1, 0.15) is 5.69 Å². The van der Waals surface area contributed by atoms with Gasteiger partial charge in [0.2, 0.25) is 5.43 Å². The summed E-state index contributed by atoms with van der Waals surface area (Å²) in [6, 6.07) is 22.7. The number of para-hydroxylation sites is 5. The number of carbonyl (C=O) groups is 1. The molecule has 5 rings (SSSR count). The highest BCUT2D eigenvalue weighted by atomic mass is 16.6. The van der Waals surface area contributed by atoms with Gasteiger partial charge in [0.15, 0.2) is 5.69 Å². The van der Waals surface area contributed by atoms with Gasteiger partial charge < -0.3 is 10.2 Å². The van der Waals surface area contributed by atoms with E-state index in [2.05, 4.69) is 21.4 Å². The molecule has 1 aliphatic heterocycles. The average Bonchev–Trinajstić information content (AvgIpc) is 3.28. The van der Waals surface area contributed by atoms with E-state index in [0.717, 1.165) is 24.3 Å². The third-order valence-electron chi connectivity index (χ3n) is 5.96. The molecule has 0 radical (unpaired) electrons. The number of benzene rings is 3. The molecule has 0 aliphatic carbocycles. The van der Waals surface area contributed by atoms with E-state index in [-0.39, 0.29) is 17.1 Å². The van der Waals surface area contributed by atoms with Crippen LogP contribution in [0.1, 0.15) is 21.7 Å². The lowest BCUT2D eigenvalue weighted by atomic mass is 10.1. The number of amides is 1. The van der Waals surface area contributed by atoms with E-state index in [0.29, 0.717) is 11.4 Å². The topological polar surface area (TPSA) is 110 Å². The van der Waals surface area contributed by atoms with Crippen LogP contribution in [0.25, 0.3) is 5.69 Å². The molecule has 1 aliphatic rings. The van der Waals surface area contributed by atoms with Crippen LogP contribution in [0.5, 0.6) is 0 Å². The zero-order chi connectivity index (χ0) is 24.5. The number of nitro groups is 1. The molecule has 0 unspecified atom stereocenters. The van der Waals surface area contributed by atoms with E-state index in [1.165, 1.54) is 28.4 Å². The first kappa shape index (κ1) is 22.0. The van der Waals surface area contributed by atoms with Gasteiger partial charge in [-0.1, -0.05) is 42.5 Å². The summed E-state index contributed by atoms with van der Waals surface area (Å²) in [5, 5.41) is 18.5. The van der Waals surface area contributed by atoms with Crippen LogP contribution < -0.4 is 15.6 Å². The Morgan fingerprint density at radius 3 is 2.40 bits per heavy atom. The minimum Gasteiger partial charge on any atom is -0.339 e. The van der Waals surface area contributed by atoms with Crippen molar-refractivity contribution in [1.82, 2.24) is 9.78 Å². The number of nitrogens with one attached hydrogen (secondary N) is 1. The third kappa shape index (κ3) is 4.04. The highest BCUT2D eigenvalue weighted by molar-refractivity contribution is 6.05. The van der Waals surface area contributed by atoms with Crippen LogP contribution in [0.3, 0.4) is 0 Å². The second-order valence-corrected chi connectivity index (χ2v) is 8.16. The molecule has 1 N–H and O–H groups in total. The van der Waals surface area contributed by atoms with Gasteiger partial charge in [-0.3, -0.25) is 19.7 Å². The van der Waals surface area contributed by atoms with E-state index in [9.17, 15) is 19.7 Å². The van der Waals surface area contributed by atoms with Crippen molar-refractivity contribution < 1.29 is 9.72 Å². The average molecular weight is 467 g/mol. The first-order chi connectivity index (χ1) is 16.9. The lowest BCUT2D eigenvalue weighted by molar-refractivity contribution is -0.384. The number of anilines is 3. The van der Waals surface area contributed by atoms with Crippen molar-refractivity contribution in [2.45, 2.75) is 13.3 Å². The largest absolute Gasteiger partial charge is 0.339 e. The smallest absolute Gasteiger partial charge is 0.294 e. The lowest BCUT2D eigenvalue weighted by Gasteiger charge is -2.23. The van der Waals surface area contributed by atoms with Gasteiger partial charge in [0.05, 0.1) is 16.3 Å². The maximum atomic E-state index is 13.2. The fraction of sp³-hybridized carbons (Fsp3) is 0.115. The van der Waals surface area contributed by atoms with Gasteiger partial charge in [-0.15, -0.1) is 0 Å². The second-order valence-electron chi connectivity index (χ2n) is 8.16. The predicted molar refractivity (Wildman–Crippen MR) is 133 cm³/mol. The Bertz CT molecular complexity index is 1530. The standard InChI is InChI=1S/C26H21N5O4/c1-17-16-24(32)25(28-30(17)22-12-6-7-13-23(22)31(34)35)26(33)27-19-9-3-5-11-21(19)29-15-14-18-8-2-4-10-20(18)29/h2-13,16H,14-15H2,1H3,(H,27,33). The van der Waals surface area contributed by atoms with Crippen LogP contribution in [-0.2, 0) is 6.42 Å². The summed E-state index contributed by atoms with van der Waals surface area (Å²) in [6.45, 7) is 2.37. The van der Waals surface area contributed by atoms with Crippen molar-refractivity contribution in [2.24, 2.45) is 0 Å². The second kappa shape index (κ2) is 8.86. The minimum atomic E-state index is -0.692. The zero-order valence-electron chi connectivity index (χ0n) is 18.8. The Labute approximate surface area is 200 Å². The number of hydrogen-bond acceptors (Lipinski definition) is 6. The molecule has 1 aromatic heterocycles. The molecule has 35 heavy (non-hydrogen) atoms. The van der Waals surface area contributed by atoms with E-state index in [1.54, 1.807) is 31.2 Å². The van der Waals surface area contributed by atoms with Crippen LogP contribution in [0.2, 0.25) is 0 Å². The molecule has 0 spiro atoms. The summed E-state index contributed by atoms with van der Waals surface area (Å²) in [4.78, 5) is 39.0. The van der Waals surface area contributed by atoms with Crippen molar-refractivity contribution in [3.63, 3.8) is 0 Å². The molecule has 1 amide bonds. The number of nitrogens with zero attached hydrogens (tertiary/aromatic N) is 4. The molecule has 4 aromatic rings. The Morgan fingerprint density at radius 2 is 1.63 bits per heavy atom. The van der Waals surface area contributed by atoms with Crippen LogP contribution >= 0.6 is 0 Å². The highest BCUT2D eigenvalue weighted by Crippen LogP contribution is 2.38. The zero-order valence-corrected chi connectivity index (χ0v) is 18.8. The Morgan fingerprint density at radius 1 is 0.971 bits per heavy atom. The van der Waals surface area contributed by atoms with Crippen LogP contribution in [0.4, 0.5) is 22.7 Å². The summed E-state index contributed by atoms with van der Waals surface area (Å²) in [5.74, 6) is -0.692. The van der Waals surface area contributed by atoms with Crippen molar-refractivity contribution >= 4 is 28.7 Å². The maximum absolute atomic E-state index is 13.2. The van der Waals surface area contributed by atoms with Gasteiger partial charge >= 0.3 is 0 Å². The van der Waals surface area contributed by atoms with Gasteiger partial charge in [-0.2, -0.15) is 5.10 Å². The molecule has 0 atom stereocenters. The minimum absolute atomic E-state index is 0.165. The predicted octanol–water partition coefficient (Wildman–Crippen LogP) is 4.40. The molecule has 3 aromatic carbocycles. The molecule has 0 bridgehead atoms. The van der Waals surface area contributed by atoms with Crippen molar-refractivity contribution in [2.75, 3.05) is 16.8 Å². The molecule has 0 saturated heterocycles. The van der Waals surface area contributed by atoms with Crippen molar-refractivity contribution in [1.29, 1.82) is 0 Å². The molecule has 174 valence electrons. The SMILES string of the molecule is Cc1cc(=O)c(C(=O)Nc2ccccc2N2CCc3ccccc32)nn1-c1ccccc1[N+](=O)[O-]. The van der Waals surface area contributed by atoms with Gasteiger partial charge in [-0.25, -0.2) is 4.68 Å². The Balaban J connectivity index is 1.52. The number of carbonyl (C=O) groups excluding carboxylic acids is 1. The molecular weight excluding hydrogens is 446 g/mol. The summed E-state index contributed by atoms with van der Waals surface area (Å²) < 4.78 is 1.25. The third-order valence-corrected chi connectivity index (χ3v) is 5.96. The fourth-order valence-electron chi connectivity index (χ4n) is 4.33. The molecule has 9 nitrogen and oxygen atoms in total. The summed E-state index contributed by atoms with van der Waals surface area (Å²) in [7, 11) is 0. The van der Waals surface area contributed by atoms with E-state index >= 15 is 0 Å². The van der Waals surface area contributed by atoms with E-state index in [1.807, 2.05) is 30.3 Å². The Hall–Kier alpha value is -4.79. The van der Waals surface area contributed by atoms with Gasteiger partial charge in [0, 0.05) is 30.1 Å². The molecule has 2 heterocycles. The number of fused-ring (bicyclic) bond motifs is 1. The fourth-order valence-corrected chi connectivity index (χ4v) is 4.33. The molecule has 0 fully saturated rings. The maximum Gasteiger partial charge on any atom is 0.294 e. The van der Waals surface area contributed by atoms with E-state index in [4.69, 9.17) is 0 Å². The quantitative estimate of drug-likeness (QED) is 0.344. The molecule has 9 heteroatoms.